The summed E-state index contributed by atoms with van der Waals surface area (Å²) in [5.41, 5.74) is 7.01. The monoisotopic (exact) mass is 181 g/mol. The first-order valence-corrected chi connectivity index (χ1v) is 4.69. The minimum Gasteiger partial charge on any atom is -0.384 e. The van der Waals surface area contributed by atoms with E-state index in [0.717, 1.165) is 23.8 Å². The molecule has 0 unspecified atom stereocenters. The van der Waals surface area contributed by atoms with Gasteiger partial charge in [0.1, 0.15) is 11.6 Å². The summed E-state index contributed by atoms with van der Waals surface area (Å²) in [6, 6.07) is 0. The highest BCUT2D eigenvalue weighted by Gasteiger charge is 2.22. The van der Waals surface area contributed by atoms with Crippen molar-refractivity contribution in [3.8, 4) is 0 Å². The molecule has 3 nitrogen and oxygen atoms in total. The molecule has 2 N–H and O–H groups in total. The highest BCUT2D eigenvalue weighted by Crippen LogP contribution is 2.27. The summed E-state index contributed by atoms with van der Waals surface area (Å²) in [7, 11) is 1.97. The molecule has 0 aliphatic rings. The Morgan fingerprint density at radius 2 is 1.92 bits per heavy atom. The lowest BCUT2D eigenvalue weighted by atomic mass is 9.92. The van der Waals surface area contributed by atoms with Gasteiger partial charge in [-0.2, -0.15) is 0 Å². The lowest BCUT2D eigenvalue weighted by Crippen LogP contribution is -2.14. The predicted octanol–water partition coefficient (Wildman–Crippen LogP) is 1.86. The van der Waals surface area contributed by atoms with E-state index in [9.17, 15) is 0 Å². The van der Waals surface area contributed by atoms with E-state index in [-0.39, 0.29) is 5.41 Å². The largest absolute Gasteiger partial charge is 0.384 e. The van der Waals surface area contributed by atoms with Gasteiger partial charge in [-0.3, -0.25) is 0 Å². The van der Waals surface area contributed by atoms with Crippen molar-refractivity contribution < 1.29 is 0 Å². The Labute approximate surface area is 80.0 Å². The zero-order valence-electron chi connectivity index (χ0n) is 9.18. The number of hydrogen-bond donors (Lipinski definition) is 1. The van der Waals surface area contributed by atoms with E-state index in [1.807, 2.05) is 11.6 Å². The first kappa shape index (κ1) is 10.1. The number of nitrogens with two attached hydrogens (primary N) is 1. The fourth-order valence-electron chi connectivity index (χ4n) is 1.43. The van der Waals surface area contributed by atoms with E-state index in [4.69, 9.17) is 5.73 Å². The lowest BCUT2D eigenvalue weighted by molar-refractivity contribution is 0.573. The molecule has 0 amide bonds. The third-order valence-corrected chi connectivity index (χ3v) is 2.26. The van der Waals surface area contributed by atoms with Gasteiger partial charge in [-0.15, -0.1) is 0 Å². The zero-order chi connectivity index (χ0) is 10.2. The van der Waals surface area contributed by atoms with E-state index >= 15 is 0 Å². The number of nitrogens with zero attached hydrogens (tertiary/aromatic N) is 2. The second-order valence-electron chi connectivity index (χ2n) is 4.42. The Morgan fingerprint density at radius 3 is 2.15 bits per heavy atom. The molecular formula is C10H19N3. The van der Waals surface area contributed by atoms with Gasteiger partial charge in [0.2, 0.25) is 0 Å². The van der Waals surface area contributed by atoms with Crippen LogP contribution in [0.1, 0.15) is 39.2 Å². The molecule has 0 aliphatic heterocycles. The van der Waals surface area contributed by atoms with Crippen molar-refractivity contribution in [1.29, 1.82) is 0 Å². The maximum absolute atomic E-state index is 5.97. The van der Waals surface area contributed by atoms with Gasteiger partial charge in [-0.25, -0.2) is 4.98 Å². The van der Waals surface area contributed by atoms with Gasteiger partial charge in [-0.1, -0.05) is 27.7 Å². The van der Waals surface area contributed by atoms with E-state index in [1.54, 1.807) is 0 Å². The fraction of sp³-hybridized carbons (Fsp3) is 0.700. The summed E-state index contributed by atoms with van der Waals surface area (Å²) < 4.78 is 1.97. The summed E-state index contributed by atoms with van der Waals surface area (Å²) in [6.45, 7) is 8.48. The topological polar surface area (TPSA) is 43.8 Å². The second-order valence-corrected chi connectivity index (χ2v) is 4.42. The quantitative estimate of drug-likeness (QED) is 0.718. The van der Waals surface area contributed by atoms with E-state index in [2.05, 4.69) is 32.7 Å². The van der Waals surface area contributed by atoms with Crippen molar-refractivity contribution in [3.05, 3.63) is 11.5 Å². The van der Waals surface area contributed by atoms with Gasteiger partial charge in [0.15, 0.2) is 0 Å². The van der Waals surface area contributed by atoms with Crippen LogP contribution in [-0.4, -0.2) is 9.55 Å². The molecule has 1 heterocycles. The van der Waals surface area contributed by atoms with Crippen molar-refractivity contribution in [1.82, 2.24) is 9.55 Å². The average Bonchev–Trinajstić information content (AvgIpc) is 2.28. The smallest absolute Gasteiger partial charge is 0.127 e. The van der Waals surface area contributed by atoms with Crippen LogP contribution in [0.15, 0.2) is 0 Å². The number of hydrogen-bond acceptors (Lipinski definition) is 2. The van der Waals surface area contributed by atoms with E-state index in [0.29, 0.717) is 0 Å². The molecule has 0 aromatic carbocycles. The molecule has 74 valence electrons. The number of nitrogen functional groups attached to an aromatic ring is 1. The SMILES string of the molecule is CCc1nc(C(C)(C)C)c(N)n1C. The van der Waals surface area contributed by atoms with Crippen molar-refractivity contribution in [2.75, 3.05) is 5.73 Å². The van der Waals surface area contributed by atoms with Crippen LogP contribution >= 0.6 is 0 Å². The van der Waals surface area contributed by atoms with Crippen LogP contribution in [0.4, 0.5) is 5.82 Å². The molecule has 0 saturated heterocycles. The molecule has 1 aromatic rings. The van der Waals surface area contributed by atoms with Crippen LogP contribution in [0.2, 0.25) is 0 Å². The van der Waals surface area contributed by atoms with Crippen LogP contribution in [0.3, 0.4) is 0 Å². The van der Waals surface area contributed by atoms with Crippen LogP contribution < -0.4 is 5.73 Å². The molecule has 0 saturated carbocycles. The summed E-state index contributed by atoms with van der Waals surface area (Å²) in [5, 5.41) is 0. The Balaban J connectivity index is 3.25. The normalized spacial score (nSPS) is 12.1. The molecule has 1 rings (SSSR count). The van der Waals surface area contributed by atoms with Gasteiger partial charge in [0, 0.05) is 18.9 Å². The van der Waals surface area contributed by atoms with Crippen molar-refractivity contribution in [2.45, 2.75) is 39.5 Å². The molecule has 13 heavy (non-hydrogen) atoms. The molecule has 0 spiro atoms. The summed E-state index contributed by atoms with van der Waals surface area (Å²) in [4.78, 5) is 4.54. The van der Waals surface area contributed by atoms with Crippen LogP contribution in [0, 0.1) is 0 Å². The van der Waals surface area contributed by atoms with E-state index in [1.165, 1.54) is 0 Å². The minimum absolute atomic E-state index is 0.0370. The maximum Gasteiger partial charge on any atom is 0.127 e. The Kier molecular flexibility index (Phi) is 2.37. The minimum atomic E-state index is 0.0370. The molecule has 0 atom stereocenters. The maximum atomic E-state index is 5.97. The Hall–Kier alpha value is -0.990. The lowest BCUT2D eigenvalue weighted by Gasteiger charge is -2.15. The van der Waals surface area contributed by atoms with Crippen LogP contribution in [0.25, 0.3) is 0 Å². The first-order chi connectivity index (χ1) is 5.88. The average molecular weight is 181 g/mol. The summed E-state index contributed by atoms with van der Waals surface area (Å²) in [5.74, 6) is 1.85. The number of aromatic nitrogens is 2. The Bertz CT molecular complexity index is 305. The number of anilines is 1. The first-order valence-electron chi connectivity index (χ1n) is 4.69. The van der Waals surface area contributed by atoms with Crippen LogP contribution in [-0.2, 0) is 18.9 Å². The van der Waals surface area contributed by atoms with Gasteiger partial charge in [0.05, 0.1) is 5.69 Å². The molecule has 1 aromatic heterocycles. The highest BCUT2D eigenvalue weighted by molar-refractivity contribution is 5.42. The molecular weight excluding hydrogens is 162 g/mol. The molecule has 0 radical (unpaired) electrons. The third kappa shape index (κ3) is 1.69. The number of rotatable bonds is 1. The molecule has 0 aliphatic carbocycles. The Morgan fingerprint density at radius 1 is 1.38 bits per heavy atom. The number of aryl methyl sites for hydroxylation is 1. The summed E-state index contributed by atoms with van der Waals surface area (Å²) in [6.07, 6.45) is 0.927. The molecule has 3 heteroatoms. The molecule has 0 bridgehead atoms. The summed E-state index contributed by atoms with van der Waals surface area (Å²) >= 11 is 0. The highest BCUT2D eigenvalue weighted by atomic mass is 15.1. The van der Waals surface area contributed by atoms with Crippen LogP contribution in [0.5, 0.6) is 0 Å². The van der Waals surface area contributed by atoms with Gasteiger partial charge in [0.25, 0.3) is 0 Å². The molecule has 0 fully saturated rings. The number of imidazole rings is 1. The van der Waals surface area contributed by atoms with Gasteiger partial charge < -0.3 is 10.3 Å². The fourth-order valence-corrected chi connectivity index (χ4v) is 1.43. The van der Waals surface area contributed by atoms with Crippen molar-refractivity contribution in [3.63, 3.8) is 0 Å². The van der Waals surface area contributed by atoms with Gasteiger partial charge >= 0.3 is 0 Å². The van der Waals surface area contributed by atoms with Crippen molar-refractivity contribution in [2.24, 2.45) is 7.05 Å². The predicted molar refractivity (Wildman–Crippen MR) is 55.7 cm³/mol. The second kappa shape index (κ2) is 3.05. The van der Waals surface area contributed by atoms with Crippen molar-refractivity contribution >= 4 is 5.82 Å². The van der Waals surface area contributed by atoms with Gasteiger partial charge in [-0.05, 0) is 0 Å². The third-order valence-electron chi connectivity index (χ3n) is 2.26. The van der Waals surface area contributed by atoms with E-state index < -0.39 is 0 Å². The zero-order valence-corrected chi connectivity index (χ0v) is 9.18. The standard InChI is InChI=1S/C10H19N3/c1-6-7-12-8(10(2,3)4)9(11)13(7)5/h6,11H2,1-5H3.